The predicted octanol–water partition coefficient (Wildman–Crippen LogP) is 1.44. The van der Waals surface area contributed by atoms with E-state index in [9.17, 15) is 9.59 Å². The molecule has 1 saturated heterocycles. The minimum Gasteiger partial charge on any atom is -0.342 e. The third-order valence-electron chi connectivity index (χ3n) is 4.05. The maximum Gasteiger partial charge on any atom is 0.325 e. The van der Waals surface area contributed by atoms with Gasteiger partial charge in [0.1, 0.15) is 0 Å². The van der Waals surface area contributed by atoms with Gasteiger partial charge in [-0.15, -0.1) is 0 Å². The van der Waals surface area contributed by atoms with E-state index in [2.05, 4.69) is 11.9 Å². The number of rotatable bonds is 3. The Kier molecular flexibility index (Phi) is 4.12. The summed E-state index contributed by atoms with van der Waals surface area (Å²) in [6.45, 7) is 8.16. The Morgan fingerprint density at radius 1 is 1.42 bits per heavy atom. The van der Waals surface area contributed by atoms with Gasteiger partial charge in [0.25, 0.3) is 0 Å². The molecule has 2 heterocycles. The van der Waals surface area contributed by atoms with E-state index in [4.69, 9.17) is 0 Å². The molecule has 1 atom stereocenters. The summed E-state index contributed by atoms with van der Waals surface area (Å²) in [5.74, 6) is 0.758. The first-order valence-corrected chi connectivity index (χ1v) is 7.03. The molecule has 5 nitrogen and oxygen atoms in total. The van der Waals surface area contributed by atoms with Gasteiger partial charge >= 0.3 is 5.69 Å². The number of hydrogen-bond donors (Lipinski definition) is 1. The minimum atomic E-state index is -0.116. The van der Waals surface area contributed by atoms with Gasteiger partial charge in [-0.25, -0.2) is 4.79 Å². The van der Waals surface area contributed by atoms with Gasteiger partial charge in [0.05, 0.1) is 0 Å². The summed E-state index contributed by atoms with van der Waals surface area (Å²) < 4.78 is 1.65. The number of amides is 1. The molecule has 1 unspecified atom stereocenters. The van der Waals surface area contributed by atoms with Gasteiger partial charge in [-0.1, -0.05) is 6.92 Å². The second kappa shape index (κ2) is 5.63. The number of aryl methyl sites for hydroxylation is 1. The second-order valence-electron chi connectivity index (χ2n) is 5.63. The van der Waals surface area contributed by atoms with Gasteiger partial charge in [0, 0.05) is 37.4 Å². The van der Waals surface area contributed by atoms with E-state index in [-0.39, 0.29) is 11.6 Å². The number of nitrogens with zero attached hydrogens (tertiary/aromatic N) is 2. The van der Waals surface area contributed by atoms with Crippen LogP contribution >= 0.6 is 0 Å². The highest BCUT2D eigenvalue weighted by Gasteiger charge is 2.21. The Bertz CT molecular complexity index is 515. The fourth-order valence-corrected chi connectivity index (χ4v) is 2.72. The minimum absolute atomic E-state index is 0.116. The second-order valence-corrected chi connectivity index (χ2v) is 5.63. The first-order valence-electron chi connectivity index (χ1n) is 7.03. The lowest BCUT2D eigenvalue weighted by Crippen LogP contribution is -2.39. The number of H-pyrrole nitrogens is 1. The molecule has 1 aromatic heterocycles. The van der Waals surface area contributed by atoms with E-state index < -0.39 is 0 Å². The molecule has 1 amide bonds. The fraction of sp³-hybridized carbons (Fsp3) is 0.714. The number of likely N-dealkylation sites (tertiary alicyclic amines) is 1. The summed E-state index contributed by atoms with van der Waals surface area (Å²) in [4.78, 5) is 28.5. The van der Waals surface area contributed by atoms with Crippen LogP contribution in [0.1, 0.15) is 37.6 Å². The number of aromatic nitrogens is 2. The van der Waals surface area contributed by atoms with Crippen LogP contribution in [0.5, 0.6) is 0 Å². The maximum atomic E-state index is 12.1. The average Bonchev–Trinajstić information content (AvgIpc) is 2.61. The van der Waals surface area contributed by atoms with Crippen LogP contribution < -0.4 is 5.69 Å². The molecule has 1 fully saturated rings. The van der Waals surface area contributed by atoms with Crippen molar-refractivity contribution in [3.05, 3.63) is 21.9 Å². The number of carbonyl (C=O) groups is 1. The molecule has 5 heteroatoms. The van der Waals surface area contributed by atoms with Crippen molar-refractivity contribution in [1.82, 2.24) is 14.5 Å². The number of nitrogens with one attached hydrogen (secondary N) is 1. The molecule has 106 valence electrons. The summed E-state index contributed by atoms with van der Waals surface area (Å²) in [6, 6.07) is 0. The quantitative estimate of drug-likeness (QED) is 0.899. The van der Waals surface area contributed by atoms with E-state index >= 15 is 0 Å². The van der Waals surface area contributed by atoms with Crippen molar-refractivity contribution in [2.75, 3.05) is 13.1 Å². The highest BCUT2D eigenvalue weighted by atomic mass is 16.2. The van der Waals surface area contributed by atoms with E-state index in [1.165, 1.54) is 6.42 Å². The van der Waals surface area contributed by atoms with E-state index in [0.29, 0.717) is 18.9 Å². The Balaban J connectivity index is 1.95. The van der Waals surface area contributed by atoms with Crippen molar-refractivity contribution < 1.29 is 4.79 Å². The maximum absolute atomic E-state index is 12.1. The van der Waals surface area contributed by atoms with E-state index in [1.54, 1.807) is 4.57 Å². The third-order valence-corrected chi connectivity index (χ3v) is 4.05. The summed E-state index contributed by atoms with van der Waals surface area (Å²) >= 11 is 0. The highest BCUT2D eigenvalue weighted by molar-refractivity contribution is 5.76. The molecule has 0 aliphatic carbocycles. The molecule has 1 aromatic rings. The molecule has 0 radical (unpaired) electrons. The van der Waals surface area contributed by atoms with Crippen LogP contribution in [-0.4, -0.2) is 33.4 Å². The summed E-state index contributed by atoms with van der Waals surface area (Å²) in [6.07, 6.45) is 2.71. The molecule has 0 spiro atoms. The molecule has 2 rings (SSSR count). The van der Waals surface area contributed by atoms with Crippen LogP contribution in [0.15, 0.2) is 4.79 Å². The first-order chi connectivity index (χ1) is 8.99. The smallest absolute Gasteiger partial charge is 0.325 e. The summed E-state index contributed by atoms with van der Waals surface area (Å²) in [5, 5.41) is 0. The molecule has 0 bridgehead atoms. The number of piperidine rings is 1. The molecule has 19 heavy (non-hydrogen) atoms. The van der Waals surface area contributed by atoms with Crippen molar-refractivity contribution in [2.24, 2.45) is 5.92 Å². The summed E-state index contributed by atoms with van der Waals surface area (Å²) in [5.41, 5.74) is 1.68. The number of carbonyl (C=O) groups excluding carboxylic acids is 1. The van der Waals surface area contributed by atoms with Gasteiger partial charge < -0.3 is 9.88 Å². The lowest BCUT2D eigenvalue weighted by Gasteiger charge is -2.31. The normalized spacial score (nSPS) is 19.7. The average molecular weight is 265 g/mol. The lowest BCUT2D eigenvalue weighted by atomic mass is 10.00. The van der Waals surface area contributed by atoms with Gasteiger partial charge in [0.2, 0.25) is 5.91 Å². The Morgan fingerprint density at radius 3 is 2.74 bits per heavy atom. The monoisotopic (exact) mass is 265 g/mol. The lowest BCUT2D eigenvalue weighted by molar-refractivity contribution is -0.133. The molecule has 1 N–H and O–H groups in total. The fourth-order valence-electron chi connectivity index (χ4n) is 2.72. The van der Waals surface area contributed by atoms with Crippen molar-refractivity contribution in [3.8, 4) is 0 Å². The van der Waals surface area contributed by atoms with Crippen LogP contribution in [0.4, 0.5) is 0 Å². The van der Waals surface area contributed by atoms with Crippen LogP contribution in [0.25, 0.3) is 0 Å². The molecule has 1 aliphatic heterocycles. The summed E-state index contributed by atoms with van der Waals surface area (Å²) in [7, 11) is 0. The predicted molar refractivity (Wildman–Crippen MR) is 74.1 cm³/mol. The number of hydrogen-bond acceptors (Lipinski definition) is 2. The topological polar surface area (TPSA) is 58.1 Å². The molecular formula is C14H23N3O2. The standard InChI is InChI=1S/C14H23N3O2/c1-10-5-4-7-16(9-10)13(18)6-8-17-12(3)11(2)15-14(17)19/h10H,4-9H2,1-3H3,(H,15,19). The van der Waals surface area contributed by atoms with Gasteiger partial charge in [-0.05, 0) is 32.6 Å². The first kappa shape index (κ1) is 13.9. The zero-order valence-corrected chi connectivity index (χ0v) is 12.0. The van der Waals surface area contributed by atoms with Gasteiger partial charge in [-0.2, -0.15) is 0 Å². The van der Waals surface area contributed by atoms with Gasteiger partial charge in [-0.3, -0.25) is 9.36 Å². The van der Waals surface area contributed by atoms with Crippen molar-refractivity contribution in [3.63, 3.8) is 0 Å². The Hall–Kier alpha value is -1.52. The van der Waals surface area contributed by atoms with Crippen molar-refractivity contribution >= 4 is 5.91 Å². The Labute approximate surface area is 113 Å². The largest absolute Gasteiger partial charge is 0.342 e. The van der Waals surface area contributed by atoms with E-state index in [0.717, 1.165) is 30.9 Å². The zero-order chi connectivity index (χ0) is 14.0. The molecule has 0 saturated carbocycles. The van der Waals surface area contributed by atoms with Crippen molar-refractivity contribution in [1.29, 1.82) is 0 Å². The highest BCUT2D eigenvalue weighted by Crippen LogP contribution is 2.16. The van der Waals surface area contributed by atoms with E-state index in [1.807, 2.05) is 18.7 Å². The molecule has 0 aromatic carbocycles. The van der Waals surface area contributed by atoms with Crippen LogP contribution in [0.3, 0.4) is 0 Å². The SMILES string of the molecule is Cc1[nH]c(=O)n(CCC(=O)N2CCCC(C)C2)c1C. The van der Waals surface area contributed by atoms with Gasteiger partial charge in [0.15, 0.2) is 0 Å². The Morgan fingerprint density at radius 2 is 2.16 bits per heavy atom. The van der Waals surface area contributed by atoms with Crippen LogP contribution in [0.2, 0.25) is 0 Å². The number of aromatic amines is 1. The molecule has 1 aliphatic rings. The zero-order valence-electron chi connectivity index (χ0n) is 12.0. The number of imidazole rings is 1. The van der Waals surface area contributed by atoms with Crippen molar-refractivity contribution in [2.45, 2.75) is 46.6 Å². The van der Waals surface area contributed by atoms with Crippen LogP contribution in [-0.2, 0) is 11.3 Å². The third kappa shape index (κ3) is 3.08. The molecular weight excluding hydrogens is 242 g/mol. The van der Waals surface area contributed by atoms with Crippen LogP contribution in [0, 0.1) is 19.8 Å².